The minimum Gasteiger partial charge on any atom is -0.367 e. The Balaban J connectivity index is 1.33. The molecule has 1 aliphatic heterocycles. The summed E-state index contributed by atoms with van der Waals surface area (Å²) in [7, 11) is 0. The molecule has 1 saturated heterocycles. The number of amides is 1. The number of carbonyl (C=O) groups is 1. The van der Waals surface area contributed by atoms with Crippen molar-refractivity contribution in [2.24, 2.45) is 0 Å². The number of carbonyl (C=O) groups excluding carboxylic acids is 1. The maximum atomic E-state index is 12.4. The molecule has 33 heavy (non-hydrogen) atoms. The molecule has 1 atom stereocenters. The summed E-state index contributed by atoms with van der Waals surface area (Å²) in [6.45, 7) is 5.20. The quantitative estimate of drug-likeness (QED) is 0.276. The van der Waals surface area contributed by atoms with E-state index >= 15 is 0 Å². The number of hydrogen-bond donors (Lipinski definition) is 1. The number of hydrogen-bond acceptors (Lipinski definition) is 6. The topological polar surface area (TPSA) is 61.4 Å². The molecule has 0 aliphatic carbocycles. The molecule has 2 heterocycles. The van der Waals surface area contributed by atoms with Gasteiger partial charge in [-0.05, 0) is 24.6 Å². The molecule has 1 aliphatic rings. The second kappa shape index (κ2) is 11.1. The molecule has 3 aromatic rings. The fourth-order valence-corrected chi connectivity index (χ4v) is 4.88. The number of nitrogens with one attached hydrogen (secondary N) is 1. The number of benzene rings is 2. The Bertz CT molecular complexity index is 1090. The van der Waals surface area contributed by atoms with Gasteiger partial charge >= 0.3 is 0 Å². The molecule has 0 saturated carbocycles. The Labute approximate surface area is 208 Å². The van der Waals surface area contributed by atoms with Crippen LogP contribution in [0.4, 0.5) is 11.5 Å². The third-order valence-corrected chi connectivity index (χ3v) is 6.83. The van der Waals surface area contributed by atoms with Crippen molar-refractivity contribution in [1.29, 1.82) is 0 Å². The number of piperazine rings is 1. The Morgan fingerprint density at radius 2 is 1.67 bits per heavy atom. The lowest BCUT2D eigenvalue weighted by Gasteiger charge is -2.37. The highest BCUT2D eigenvalue weighted by Gasteiger charge is 2.21. The minimum atomic E-state index is -0.0742. The van der Waals surface area contributed by atoms with Crippen LogP contribution in [0.5, 0.6) is 0 Å². The van der Waals surface area contributed by atoms with E-state index in [0.29, 0.717) is 10.3 Å². The molecular weight excluding hydrogens is 477 g/mol. The minimum absolute atomic E-state index is 0.0652. The van der Waals surface area contributed by atoms with Gasteiger partial charge in [0.05, 0.1) is 22.5 Å². The van der Waals surface area contributed by atoms with Crippen molar-refractivity contribution in [1.82, 2.24) is 15.3 Å². The highest BCUT2D eigenvalue weighted by molar-refractivity contribution is 7.99. The van der Waals surface area contributed by atoms with E-state index in [2.05, 4.69) is 25.1 Å². The first-order valence-corrected chi connectivity index (χ1v) is 12.5. The molecule has 1 aromatic heterocycles. The summed E-state index contributed by atoms with van der Waals surface area (Å²) in [5, 5.41) is 4.63. The molecular formula is C24H25Cl2N5OS. The largest absolute Gasteiger partial charge is 0.367 e. The van der Waals surface area contributed by atoms with Crippen molar-refractivity contribution in [2.45, 2.75) is 18.1 Å². The van der Waals surface area contributed by atoms with E-state index in [-0.39, 0.29) is 17.7 Å². The zero-order chi connectivity index (χ0) is 23.2. The monoisotopic (exact) mass is 501 g/mol. The SMILES string of the molecule is CC(NC(=O)CSc1nc(Cl)cc(N2CCN(c3ccccc3Cl)CC2)n1)c1ccccc1. The van der Waals surface area contributed by atoms with Crippen LogP contribution in [0.1, 0.15) is 18.5 Å². The van der Waals surface area contributed by atoms with Crippen LogP contribution in [0, 0.1) is 0 Å². The fraction of sp³-hybridized carbons (Fsp3) is 0.292. The Kier molecular flexibility index (Phi) is 7.96. The molecule has 1 fully saturated rings. The predicted molar refractivity (Wildman–Crippen MR) is 137 cm³/mol. The smallest absolute Gasteiger partial charge is 0.230 e. The van der Waals surface area contributed by atoms with E-state index in [0.717, 1.165) is 48.3 Å². The highest BCUT2D eigenvalue weighted by Crippen LogP contribution is 2.28. The average molecular weight is 502 g/mol. The Hall–Kier alpha value is -2.48. The zero-order valence-corrected chi connectivity index (χ0v) is 20.6. The maximum absolute atomic E-state index is 12.4. The standard InChI is InChI=1S/C24H25Cl2N5OS/c1-17(18-7-3-2-4-8-18)27-23(32)16-33-24-28-21(26)15-22(29-24)31-13-11-30(12-14-31)20-10-6-5-9-19(20)25/h2-10,15,17H,11-14,16H2,1H3,(H,27,32). The molecule has 1 N–H and O–H groups in total. The number of para-hydroxylation sites is 1. The van der Waals surface area contributed by atoms with Crippen LogP contribution in [0.15, 0.2) is 65.8 Å². The van der Waals surface area contributed by atoms with Gasteiger partial charge in [-0.3, -0.25) is 4.79 Å². The molecule has 0 radical (unpaired) electrons. The van der Waals surface area contributed by atoms with Crippen molar-refractivity contribution in [3.63, 3.8) is 0 Å². The zero-order valence-electron chi connectivity index (χ0n) is 18.2. The first-order chi connectivity index (χ1) is 16.0. The van der Waals surface area contributed by atoms with Gasteiger partial charge in [-0.2, -0.15) is 0 Å². The van der Waals surface area contributed by atoms with Crippen LogP contribution in [-0.4, -0.2) is 47.8 Å². The van der Waals surface area contributed by atoms with Gasteiger partial charge in [-0.1, -0.05) is 77.4 Å². The van der Waals surface area contributed by atoms with Crippen LogP contribution in [-0.2, 0) is 4.79 Å². The van der Waals surface area contributed by atoms with Gasteiger partial charge in [-0.25, -0.2) is 9.97 Å². The summed E-state index contributed by atoms with van der Waals surface area (Å²) in [5.41, 5.74) is 2.11. The van der Waals surface area contributed by atoms with Crippen LogP contribution in [0.25, 0.3) is 0 Å². The number of rotatable bonds is 7. The fourth-order valence-electron chi connectivity index (χ4n) is 3.73. The van der Waals surface area contributed by atoms with Crippen LogP contribution in [0.3, 0.4) is 0 Å². The first kappa shape index (κ1) is 23.7. The summed E-state index contributed by atoms with van der Waals surface area (Å²) < 4.78 is 0. The molecule has 9 heteroatoms. The number of anilines is 2. The van der Waals surface area contributed by atoms with Gasteiger partial charge < -0.3 is 15.1 Å². The van der Waals surface area contributed by atoms with E-state index in [4.69, 9.17) is 23.2 Å². The summed E-state index contributed by atoms with van der Waals surface area (Å²) in [6, 6.07) is 19.5. The number of aromatic nitrogens is 2. The van der Waals surface area contributed by atoms with Gasteiger partial charge in [0.15, 0.2) is 5.16 Å². The first-order valence-electron chi connectivity index (χ1n) is 10.8. The van der Waals surface area contributed by atoms with Gasteiger partial charge in [0.25, 0.3) is 0 Å². The summed E-state index contributed by atoms with van der Waals surface area (Å²) >= 11 is 13.9. The molecule has 1 amide bonds. The number of nitrogens with zero attached hydrogens (tertiary/aromatic N) is 4. The highest BCUT2D eigenvalue weighted by atomic mass is 35.5. The van der Waals surface area contributed by atoms with Crippen LogP contribution >= 0.6 is 35.0 Å². The molecule has 2 aromatic carbocycles. The van der Waals surface area contributed by atoms with Gasteiger partial charge in [0.1, 0.15) is 11.0 Å². The Morgan fingerprint density at radius 1 is 1.00 bits per heavy atom. The summed E-state index contributed by atoms with van der Waals surface area (Å²) in [6.07, 6.45) is 0. The lowest BCUT2D eigenvalue weighted by molar-refractivity contribution is -0.119. The van der Waals surface area contributed by atoms with E-state index in [1.807, 2.05) is 61.5 Å². The Morgan fingerprint density at radius 3 is 2.39 bits per heavy atom. The number of thioether (sulfide) groups is 1. The van der Waals surface area contributed by atoms with Crippen molar-refractivity contribution in [3.8, 4) is 0 Å². The third kappa shape index (κ3) is 6.31. The van der Waals surface area contributed by atoms with Gasteiger partial charge in [0.2, 0.25) is 5.91 Å². The van der Waals surface area contributed by atoms with Crippen molar-refractivity contribution >= 4 is 52.4 Å². The van der Waals surface area contributed by atoms with Crippen molar-refractivity contribution in [3.05, 3.63) is 76.4 Å². The molecule has 6 nitrogen and oxygen atoms in total. The van der Waals surface area contributed by atoms with Crippen LogP contribution in [0.2, 0.25) is 10.2 Å². The molecule has 0 bridgehead atoms. The lowest BCUT2D eigenvalue weighted by Crippen LogP contribution is -2.47. The van der Waals surface area contributed by atoms with E-state index in [1.54, 1.807) is 6.07 Å². The van der Waals surface area contributed by atoms with Gasteiger partial charge in [0, 0.05) is 32.2 Å². The maximum Gasteiger partial charge on any atom is 0.230 e. The second-order valence-electron chi connectivity index (χ2n) is 7.75. The van der Waals surface area contributed by atoms with E-state index < -0.39 is 0 Å². The van der Waals surface area contributed by atoms with E-state index in [1.165, 1.54) is 11.8 Å². The molecule has 4 rings (SSSR count). The molecule has 172 valence electrons. The average Bonchev–Trinajstić information content (AvgIpc) is 2.83. The van der Waals surface area contributed by atoms with Gasteiger partial charge in [-0.15, -0.1) is 0 Å². The molecule has 1 unspecified atom stereocenters. The lowest BCUT2D eigenvalue weighted by atomic mass is 10.1. The van der Waals surface area contributed by atoms with Crippen molar-refractivity contribution < 1.29 is 4.79 Å². The second-order valence-corrected chi connectivity index (χ2v) is 9.48. The van der Waals surface area contributed by atoms with Crippen molar-refractivity contribution in [2.75, 3.05) is 41.7 Å². The van der Waals surface area contributed by atoms with Crippen LogP contribution < -0.4 is 15.1 Å². The predicted octanol–water partition coefficient (Wildman–Crippen LogP) is 5.08. The molecule has 0 spiro atoms. The number of halogens is 2. The van der Waals surface area contributed by atoms with E-state index in [9.17, 15) is 4.79 Å². The normalized spacial score (nSPS) is 14.8. The summed E-state index contributed by atoms with van der Waals surface area (Å²) in [4.78, 5) is 25.8. The summed E-state index contributed by atoms with van der Waals surface area (Å²) in [5.74, 6) is 0.918. The third-order valence-electron chi connectivity index (χ3n) is 5.47.